The number of hydrogen-bond donors (Lipinski definition) is 1. The van der Waals surface area contributed by atoms with Gasteiger partial charge in [0, 0.05) is 25.7 Å². The van der Waals surface area contributed by atoms with Crippen LogP contribution in [0.5, 0.6) is 0 Å². The van der Waals surface area contributed by atoms with Crippen LogP contribution >= 0.6 is 0 Å². The summed E-state index contributed by atoms with van der Waals surface area (Å²) in [4.78, 5) is 0. The second-order valence-electron chi connectivity index (χ2n) is 7.14. The molecule has 3 nitrogen and oxygen atoms in total. The van der Waals surface area contributed by atoms with Crippen LogP contribution in [0, 0.1) is 11.8 Å². The maximum Gasteiger partial charge on any atom is 0.0939 e. The van der Waals surface area contributed by atoms with E-state index in [0.717, 1.165) is 44.6 Å². The molecule has 0 aromatic rings. The van der Waals surface area contributed by atoms with E-state index in [1.165, 1.54) is 44.9 Å². The molecule has 3 fully saturated rings. The van der Waals surface area contributed by atoms with Crippen LogP contribution in [0.15, 0.2) is 0 Å². The van der Waals surface area contributed by atoms with Crippen molar-refractivity contribution in [1.29, 1.82) is 0 Å². The Kier molecular flexibility index (Phi) is 5.00. The summed E-state index contributed by atoms with van der Waals surface area (Å²) in [5.74, 6) is 1.75. The lowest BCUT2D eigenvalue weighted by Gasteiger charge is -2.41. The average Bonchev–Trinajstić information content (AvgIpc) is 3.11. The van der Waals surface area contributed by atoms with Crippen molar-refractivity contribution in [1.82, 2.24) is 5.32 Å². The first kappa shape index (κ1) is 14.8. The van der Waals surface area contributed by atoms with Crippen molar-refractivity contribution in [2.75, 3.05) is 26.4 Å². The summed E-state index contributed by atoms with van der Waals surface area (Å²) < 4.78 is 11.7. The van der Waals surface area contributed by atoms with Gasteiger partial charge in [-0.3, -0.25) is 0 Å². The predicted molar refractivity (Wildman–Crippen MR) is 80.9 cm³/mol. The molecule has 2 saturated heterocycles. The third-order valence-corrected chi connectivity index (χ3v) is 5.70. The molecule has 116 valence electrons. The Morgan fingerprint density at radius 1 is 1.20 bits per heavy atom. The highest BCUT2D eigenvalue weighted by molar-refractivity contribution is 4.94. The fourth-order valence-corrected chi connectivity index (χ4v) is 4.58. The highest BCUT2D eigenvalue weighted by Crippen LogP contribution is 2.39. The first-order valence-electron chi connectivity index (χ1n) is 8.76. The second kappa shape index (κ2) is 6.76. The molecule has 1 N–H and O–H groups in total. The molecule has 3 aliphatic rings. The largest absolute Gasteiger partial charge is 0.378 e. The number of ether oxygens (including phenoxy) is 2. The van der Waals surface area contributed by atoms with Crippen molar-refractivity contribution in [3.63, 3.8) is 0 Å². The van der Waals surface area contributed by atoms with E-state index in [1.807, 2.05) is 0 Å². The Labute approximate surface area is 123 Å². The van der Waals surface area contributed by atoms with E-state index in [2.05, 4.69) is 12.2 Å². The molecule has 3 unspecified atom stereocenters. The van der Waals surface area contributed by atoms with Gasteiger partial charge in [-0.15, -0.1) is 0 Å². The lowest BCUT2D eigenvalue weighted by atomic mass is 9.78. The van der Waals surface area contributed by atoms with Gasteiger partial charge in [0.15, 0.2) is 0 Å². The van der Waals surface area contributed by atoms with Gasteiger partial charge in [-0.1, -0.05) is 32.6 Å². The van der Waals surface area contributed by atoms with E-state index < -0.39 is 0 Å². The van der Waals surface area contributed by atoms with E-state index in [1.54, 1.807) is 0 Å². The van der Waals surface area contributed by atoms with Gasteiger partial charge in [-0.05, 0) is 37.6 Å². The zero-order valence-electron chi connectivity index (χ0n) is 13.0. The first-order valence-corrected chi connectivity index (χ1v) is 8.76. The molecule has 1 spiro atoms. The summed E-state index contributed by atoms with van der Waals surface area (Å²) >= 11 is 0. The molecule has 1 saturated carbocycles. The van der Waals surface area contributed by atoms with Crippen LogP contribution in [0.2, 0.25) is 0 Å². The average molecular weight is 281 g/mol. The molecule has 0 amide bonds. The van der Waals surface area contributed by atoms with Gasteiger partial charge in [0.05, 0.1) is 12.2 Å². The lowest BCUT2D eigenvalue weighted by Crippen LogP contribution is -2.47. The topological polar surface area (TPSA) is 30.5 Å². The van der Waals surface area contributed by atoms with Crippen molar-refractivity contribution in [2.45, 2.75) is 69.9 Å². The van der Waals surface area contributed by atoms with Gasteiger partial charge in [0.1, 0.15) is 0 Å². The predicted octanol–water partition coefficient (Wildman–Crippen LogP) is 3.13. The van der Waals surface area contributed by atoms with Gasteiger partial charge in [-0.25, -0.2) is 0 Å². The van der Waals surface area contributed by atoms with E-state index in [4.69, 9.17) is 9.47 Å². The summed E-state index contributed by atoms with van der Waals surface area (Å²) in [5, 5.41) is 3.79. The zero-order chi connectivity index (χ0) is 13.8. The number of rotatable bonds is 5. The first-order chi connectivity index (χ1) is 9.81. The van der Waals surface area contributed by atoms with Crippen molar-refractivity contribution in [3.8, 4) is 0 Å². The second-order valence-corrected chi connectivity index (χ2v) is 7.14. The molecule has 3 heteroatoms. The SMILES string of the molecule is CCNC(CC1CCCC1)C1CCOC2(CCOC2)C1. The minimum absolute atomic E-state index is 0.0618. The van der Waals surface area contributed by atoms with Gasteiger partial charge < -0.3 is 14.8 Å². The fourth-order valence-electron chi connectivity index (χ4n) is 4.58. The summed E-state index contributed by atoms with van der Waals surface area (Å²) in [6.45, 7) is 5.99. The fraction of sp³-hybridized carbons (Fsp3) is 1.00. The number of nitrogens with one attached hydrogen (secondary N) is 1. The van der Waals surface area contributed by atoms with E-state index >= 15 is 0 Å². The molecular formula is C17H31NO2. The van der Waals surface area contributed by atoms with Crippen LogP contribution in [-0.4, -0.2) is 38.0 Å². The Balaban J connectivity index is 1.60. The molecule has 3 atom stereocenters. The van der Waals surface area contributed by atoms with Crippen LogP contribution in [-0.2, 0) is 9.47 Å². The maximum absolute atomic E-state index is 6.10. The zero-order valence-corrected chi connectivity index (χ0v) is 13.0. The Morgan fingerprint density at radius 2 is 2.05 bits per heavy atom. The molecule has 0 aromatic heterocycles. The Morgan fingerprint density at radius 3 is 2.75 bits per heavy atom. The van der Waals surface area contributed by atoms with Gasteiger partial charge in [0.25, 0.3) is 0 Å². The van der Waals surface area contributed by atoms with Crippen LogP contribution in [0.3, 0.4) is 0 Å². The molecular weight excluding hydrogens is 250 g/mol. The molecule has 0 radical (unpaired) electrons. The van der Waals surface area contributed by atoms with Crippen LogP contribution in [0.25, 0.3) is 0 Å². The standard InChI is InChI=1S/C17H31NO2/c1-2-18-16(11-14-5-3-4-6-14)15-7-9-20-17(12-15)8-10-19-13-17/h14-16,18H,2-13H2,1H3. The Bertz CT molecular complexity index is 293. The summed E-state index contributed by atoms with van der Waals surface area (Å²) in [6, 6.07) is 0.699. The molecule has 20 heavy (non-hydrogen) atoms. The molecule has 0 aromatic carbocycles. The van der Waals surface area contributed by atoms with Crippen molar-refractivity contribution < 1.29 is 9.47 Å². The smallest absolute Gasteiger partial charge is 0.0939 e. The highest BCUT2D eigenvalue weighted by Gasteiger charge is 2.43. The minimum Gasteiger partial charge on any atom is -0.378 e. The third kappa shape index (κ3) is 3.37. The molecule has 2 heterocycles. The monoisotopic (exact) mass is 281 g/mol. The maximum atomic E-state index is 6.10. The van der Waals surface area contributed by atoms with Crippen LogP contribution in [0.4, 0.5) is 0 Å². The van der Waals surface area contributed by atoms with E-state index in [9.17, 15) is 0 Å². The van der Waals surface area contributed by atoms with Gasteiger partial charge >= 0.3 is 0 Å². The minimum atomic E-state index is 0.0618. The van der Waals surface area contributed by atoms with Crippen molar-refractivity contribution >= 4 is 0 Å². The molecule has 2 aliphatic heterocycles. The molecule has 0 bridgehead atoms. The van der Waals surface area contributed by atoms with Gasteiger partial charge in [0.2, 0.25) is 0 Å². The van der Waals surface area contributed by atoms with Gasteiger partial charge in [-0.2, -0.15) is 0 Å². The summed E-state index contributed by atoms with van der Waals surface area (Å²) in [6.07, 6.45) is 10.7. The normalized spacial score (nSPS) is 36.8. The number of hydrogen-bond acceptors (Lipinski definition) is 3. The van der Waals surface area contributed by atoms with Crippen LogP contribution < -0.4 is 5.32 Å². The lowest BCUT2D eigenvalue weighted by molar-refractivity contribution is -0.104. The van der Waals surface area contributed by atoms with Crippen LogP contribution in [0.1, 0.15) is 58.3 Å². The summed E-state index contributed by atoms with van der Waals surface area (Å²) in [7, 11) is 0. The van der Waals surface area contributed by atoms with E-state index in [-0.39, 0.29) is 5.60 Å². The molecule has 1 aliphatic carbocycles. The molecule has 3 rings (SSSR count). The highest BCUT2D eigenvalue weighted by atomic mass is 16.6. The van der Waals surface area contributed by atoms with Crippen molar-refractivity contribution in [2.24, 2.45) is 11.8 Å². The quantitative estimate of drug-likeness (QED) is 0.840. The third-order valence-electron chi connectivity index (χ3n) is 5.70. The van der Waals surface area contributed by atoms with E-state index in [0.29, 0.717) is 6.04 Å². The Hall–Kier alpha value is -0.120. The van der Waals surface area contributed by atoms with Crippen molar-refractivity contribution in [3.05, 3.63) is 0 Å². The summed E-state index contributed by atoms with van der Waals surface area (Å²) in [5.41, 5.74) is 0.0618.